The van der Waals surface area contributed by atoms with E-state index in [0.29, 0.717) is 42.8 Å². The number of methoxy groups -OCH3 is 1. The molecule has 0 unspecified atom stereocenters. The van der Waals surface area contributed by atoms with Crippen LogP contribution in [0.5, 0.6) is 5.88 Å². The third kappa shape index (κ3) is 5.30. The lowest BCUT2D eigenvalue weighted by Gasteiger charge is -2.31. The lowest BCUT2D eigenvalue weighted by Crippen LogP contribution is -2.40. The molecule has 1 aliphatic rings. The van der Waals surface area contributed by atoms with Gasteiger partial charge >= 0.3 is 6.09 Å². The summed E-state index contributed by atoms with van der Waals surface area (Å²) in [7, 11) is 1.54. The van der Waals surface area contributed by atoms with Crippen LogP contribution in [0.1, 0.15) is 24.0 Å². The van der Waals surface area contributed by atoms with Gasteiger partial charge in [-0.1, -0.05) is 0 Å². The molecule has 1 amide bonds. The number of halogens is 2. The Morgan fingerprint density at radius 2 is 1.86 bits per heavy atom. The molecule has 1 aromatic carbocycles. The second-order valence-electron chi connectivity index (χ2n) is 6.99. The number of hydrogen-bond acceptors (Lipinski definition) is 6. The number of aryl methyl sites for hydroxylation is 1. The van der Waals surface area contributed by atoms with Crippen molar-refractivity contribution in [2.75, 3.05) is 32.1 Å². The molecule has 0 radical (unpaired) electrons. The monoisotopic (exact) mass is 406 g/mol. The van der Waals surface area contributed by atoms with Crippen LogP contribution in [0.4, 0.5) is 19.4 Å². The van der Waals surface area contributed by atoms with Gasteiger partial charge in [0.1, 0.15) is 18.2 Å². The van der Waals surface area contributed by atoms with Crippen molar-refractivity contribution in [3.8, 4) is 5.88 Å². The van der Waals surface area contributed by atoms with Crippen molar-refractivity contribution in [3.63, 3.8) is 0 Å². The molecule has 2 heterocycles. The number of hydrogen-bond donors (Lipinski definition) is 1. The molecule has 0 atom stereocenters. The summed E-state index contributed by atoms with van der Waals surface area (Å²) in [6, 6.07) is 2.44. The minimum Gasteiger partial charge on any atom is -0.478 e. The molecule has 3 rings (SSSR count). The molecule has 0 aliphatic carbocycles. The van der Waals surface area contributed by atoms with Crippen LogP contribution in [0.2, 0.25) is 0 Å². The van der Waals surface area contributed by atoms with E-state index in [-0.39, 0.29) is 5.56 Å². The largest absolute Gasteiger partial charge is 0.478 e. The van der Waals surface area contributed by atoms with Gasteiger partial charge in [-0.05, 0) is 43.4 Å². The number of ether oxygens (including phenoxy) is 2. The van der Waals surface area contributed by atoms with Gasteiger partial charge in [-0.25, -0.2) is 23.5 Å². The van der Waals surface area contributed by atoms with Crippen molar-refractivity contribution >= 4 is 11.9 Å². The van der Waals surface area contributed by atoms with E-state index in [0.717, 1.165) is 12.8 Å². The number of nitrogens with zero attached hydrogens (tertiary/aromatic N) is 3. The normalized spacial score (nSPS) is 14.6. The second kappa shape index (κ2) is 9.49. The summed E-state index contributed by atoms with van der Waals surface area (Å²) in [5.41, 5.74) is 0.241. The first-order chi connectivity index (χ1) is 14.0. The predicted molar refractivity (Wildman–Crippen MR) is 103 cm³/mol. The number of piperidine rings is 1. The number of anilines is 1. The minimum absolute atomic E-state index is 0.235. The number of carbonyl (C=O) groups excluding carboxylic acids is 1. The fraction of sp³-hybridized carbons (Fsp3) is 0.450. The van der Waals surface area contributed by atoms with Crippen molar-refractivity contribution in [2.24, 2.45) is 5.92 Å². The molecule has 9 heteroatoms. The highest BCUT2D eigenvalue weighted by Gasteiger charge is 2.24. The molecular formula is C20H24F2N4O3. The summed E-state index contributed by atoms with van der Waals surface area (Å²) in [6.07, 6.45) is 4.13. The Morgan fingerprint density at radius 1 is 1.21 bits per heavy atom. The van der Waals surface area contributed by atoms with Crippen molar-refractivity contribution in [1.82, 2.24) is 14.9 Å². The van der Waals surface area contributed by atoms with Gasteiger partial charge in [0, 0.05) is 32.0 Å². The lowest BCUT2D eigenvalue weighted by atomic mass is 9.97. The molecule has 2 aromatic rings. The third-order valence-electron chi connectivity index (χ3n) is 4.91. The van der Waals surface area contributed by atoms with Gasteiger partial charge in [0.2, 0.25) is 0 Å². The predicted octanol–water partition coefficient (Wildman–Crippen LogP) is 3.53. The van der Waals surface area contributed by atoms with E-state index in [4.69, 9.17) is 9.47 Å². The van der Waals surface area contributed by atoms with Gasteiger partial charge in [0.05, 0.1) is 12.7 Å². The molecule has 1 aromatic heterocycles. The maximum absolute atomic E-state index is 13.9. The number of carbonyl (C=O) groups is 1. The fourth-order valence-corrected chi connectivity index (χ4v) is 3.25. The Morgan fingerprint density at radius 3 is 2.52 bits per heavy atom. The van der Waals surface area contributed by atoms with Gasteiger partial charge in [0.15, 0.2) is 5.82 Å². The molecule has 0 spiro atoms. The number of benzene rings is 1. The van der Waals surface area contributed by atoms with Gasteiger partial charge < -0.3 is 19.7 Å². The molecule has 0 bridgehead atoms. The Balaban J connectivity index is 1.45. The fourth-order valence-electron chi connectivity index (χ4n) is 3.25. The zero-order chi connectivity index (χ0) is 20.8. The number of aromatic nitrogens is 2. The first-order valence-corrected chi connectivity index (χ1v) is 9.43. The quantitative estimate of drug-likeness (QED) is 0.791. The summed E-state index contributed by atoms with van der Waals surface area (Å²) in [5.74, 6) is -0.0557. The van der Waals surface area contributed by atoms with Gasteiger partial charge in [-0.2, -0.15) is 0 Å². The van der Waals surface area contributed by atoms with Crippen LogP contribution >= 0.6 is 0 Å². The van der Waals surface area contributed by atoms with E-state index in [9.17, 15) is 13.6 Å². The summed E-state index contributed by atoms with van der Waals surface area (Å²) < 4.78 is 38.0. The lowest BCUT2D eigenvalue weighted by molar-refractivity contribution is 0.0816. The van der Waals surface area contributed by atoms with Gasteiger partial charge in [0.25, 0.3) is 5.88 Å². The maximum atomic E-state index is 13.9. The zero-order valence-corrected chi connectivity index (χ0v) is 16.5. The Hall–Kier alpha value is -2.97. The van der Waals surface area contributed by atoms with Crippen LogP contribution in [-0.2, 0) is 11.3 Å². The van der Waals surface area contributed by atoms with Crippen LogP contribution in [0.15, 0.2) is 24.5 Å². The average molecular weight is 406 g/mol. The summed E-state index contributed by atoms with van der Waals surface area (Å²) >= 11 is 0. The topological polar surface area (TPSA) is 76.6 Å². The van der Waals surface area contributed by atoms with Crippen LogP contribution in [-0.4, -0.2) is 47.7 Å². The van der Waals surface area contributed by atoms with E-state index >= 15 is 0 Å². The van der Waals surface area contributed by atoms with Crippen molar-refractivity contribution in [1.29, 1.82) is 0 Å². The number of amides is 1. The van der Waals surface area contributed by atoms with E-state index < -0.39 is 24.3 Å². The van der Waals surface area contributed by atoms with Crippen LogP contribution in [0.3, 0.4) is 0 Å². The molecule has 7 nitrogen and oxygen atoms in total. The highest BCUT2D eigenvalue weighted by molar-refractivity contribution is 5.67. The Labute approximate surface area is 168 Å². The molecule has 29 heavy (non-hydrogen) atoms. The number of nitrogens with one attached hydrogen (secondary N) is 1. The molecule has 1 fully saturated rings. The van der Waals surface area contributed by atoms with E-state index in [2.05, 4.69) is 15.3 Å². The van der Waals surface area contributed by atoms with E-state index in [1.807, 2.05) is 0 Å². The first-order valence-electron chi connectivity index (χ1n) is 9.43. The van der Waals surface area contributed by atoms with Crippen molar-refractivity contribution < 1.29 is 23.0 Å². The summed E-state index contributed by atoms with van der Waals surface area (Å²) in [4.78, 5) is 22.1. The van der Waals surface area contributed by atoms with Crippen molar-refractivity contribution in [3.05, 3.63) is 47.3 Å². The zero-order valence-electron chi connectivity index (χ0n) is 16.5. The van der Waals surface area contributed by atoms with Gasteiger partial charge in [-0.3, -0.25) is 0 Å². The van der Waals surface area contributed by atoms with E-state index in [1.165, 1.54) is 19.2 Å². The van der Waals surface area contributed by atoms with Gasteiger partial charge in [-0.15, -0.1) is 0 Å². The number of rotatable bonds is 6. The molecule has 1 saturated heterocycles. The van der Waals surface area contributed by atoms with Crippen LogP contribution in [0, 0.1) is 24.5 Å². The van der Waals surface area contributed by atoms with Crippen LogP contribution in [0.25, 0.3) is 0 Å². The Kier molecular flexibility index (Phi) is 6.79. The summed E-state index contributed by atoms with van der Waals surface area (Å²) in [5, 5.41) is 3.22. The second-order valence-corrected chi connectivity index (χ2v) is 6.99. The molecular weight excluding hydrogens is 382 g/mol. The minimum atomic E-state index is -0.709. The standard InChI is InChI=1S/C20H24F2N4O3/c1-13-9-16(21)15(17(22)10-13)12-29-20(27)26-7-3-14(4-8-26)11-25-18-19(28-2)24-6-5-23-18/h5-6,9-10,14H,3-4,7-8,11-12H2,1-2H3,(H,23,25). The first kappa shape index (κ1) is 20.8. The average Bonchev–Trinajstić information content (AvgIpc) is 2.72. The molecule has 1 N–H and O–H groups in total. The Bertz CT molecular complexity index is 834. The third-order valence-corrected chi connectivity index (χ3v) is 4.91. The van der Waals surface area contributed by atoms with Crippen molar-refractivity contribution in [2.45, 2.75) is 26.4 Å². The molecule has 156 valence electrons. The number of likely N-dealkylation sites (tertiary alicyclic amines) is 1. The molecule has 1 aliphatic heterocycles. The van der Waals surface area contributed by atoms with E-state index in [1.54, 1.807) is 24.2 Å². The SMILES string of the molecule is COc1nccnc1NCC1CCN(C(=O)OCc2c(F)cc(C)cc2F)CC1. The van der Waals surface area contributed by atoms with Crippen LogP contribution < -0.4 is 10.1 Å². The molecule has 0 saturated carbocycles. The summed E-state index contributed by atoms with van der Waals surface area (Å²) in [6.45, 7) is 2.88. The highest BCUT2D eigenvalue weighted by Crippen LogP contribution is 2.22. The maximum Gasteiger partial charge on any atom is 0.410 e. The smallest absolute Gasteiger partial charge is 0.410 e. The highest BCUT2D eigenvalue weighted by atomic mass is 19.1.